The van der Waals surface area contributed by atoms with Crippen molar-refractivity contribution in [2.75, 3.05) is 13.1 Å². The number of carbonyl (C=O) groups is 1. The third-order valence-electron chi connectivity index (χ3n) is 5.75. The Morgan fingerprint density at radius 2 is 2.00 bits per heavy atom. The molecule has 0 unspecified atom stereocenters. The summed E-state index contributed by atoms with van der Waals surface area (Å²) >= 11 is 0. The van der Waals surface area contributed by atoms with E-state index in [-0.39, 0.29) is 47.9 Å². The number of fused-ring (bicyclic) bond motifs is 1. The standard InChI is InChI=1S/C20H24FN5O4S/c1-12-19(13(2)30-24-12)31(28,29)26-8-6-14(7-9-26)20(27)22-11-18-23-16-5-4-15(21)10-17(16)25(18)3/h4-5,10,14H,6-9,11H2,1-3H3,(H,22,27). The minimum Gasteiger partial charge on any atom is -0.360 e. The molecule has 1 fully saturated rings. The minimum absolute atomic E-state index is 0.105. The molecule has 1 aromatic carbocycles. The topological polar surface area (TPSA) is 110 Å². The Kier molecular flexibility index (Phi) is 5.56. The summed E-state index contributed by atoms with van der Waals surface area (Å²) < 4.78 is 47.4. The van der Waals surface area contributed by atoms with Gasteiger partial charge in [0.15, 0.2) is 5.76 Å². The number of piperidine rings is 1. The van der Waals surface area contributed by atoms with E-state index in [0.29, 0.717) is 35.4 Å². The molecule has 0 saturated carbocycles. The lowest BCUT2D eigenvalue weighted by atomic mass is 9.97. The summed E-state index contributed by atoms with van der Waals surface area (Å²) in [5, 5.41) is 6.60. The van der Waals surface area contributed by atoms with Crippen molar-refractivity contribution in [3.63, 3.8) is 0 Å². The molecule has 0 spiro atoms. The summed E-state index contributed by atoms with van der Waals surface area (Å²) in [5.74, 6) is 0.104. The smallest absolute Gasteiger partial charge is 0.248 e. The summed E-state index contributed by atoms with van der Waals surface area (Å²) in [6.07, 6.45) is 0.838. The fourth-order valence-corrected chi connectivity index (χ4v) is 5.77. The second-order valence-corrected chi connectivity index (χ2v) is 9.64. The summed E-state index contributed by atoms with van der Waals surface area (Å²) in [6, 6.07) is 4.36. The number of amides is 1. The van der Waals surface area contributed by atoms with Gasteiger partial charge in [-0.2, -0.15) is 4.31 Å². The number of imidazole rings is 1. The first kappa shape index (κ1) is 21.4. The lowest BCUT2D eigenvalue weighted by Gasteiger charge is -2.30. The monoisotopic (exact) mass is 449 g/mol. The maximum atomic E-state index is 13.5. The molecular weight excluding hydrogens is 425 g/mol. The fourth-order valence-electron chi connectivity index (χ4n) is 4.01. The van der Waals surface area contributed by atoms with E-state index < -0.39 is 10.0 Å². The lowest BCUT2D eigenvalue weighted by molar-refractivity contribution is -0.126. The predicted octanol–water partition coefficient (Wildman–Crippen LogP) is 2.03. The van der Waals surface area contributed by atoms with Gasteiger partial charge in [-0.1, -0.05) is 5.16 Å². The van der Waals surface area contributed by atoms with Crippen LogP contribution in [0.2, 0.25) is 0 Å². The Morgan fingerprint density at radius 3 is 2.65 bits per heavy atom. The largest absolute Gasteiger partial charge is 0.360 e. The molecule has 3 heterocycles. The van der Waals surface area contributed by atoms with Gasteiger partial charge in [-0.25, -0.2) is 17.8 Å². The highest BCUT2D eigenvalue weighted by molar-refractivity contribution is 7.89. The summed E-state index contributed by atoms with van der Waals surface area (Å²) in [4.78, 5) is 17.2. The molecule has 3 aromatic rings. The summed E-state index contributed by atoms with van der Waals surface area (Å²) in [7, 11) is -1.93. The maximum absolute atomic E-state index is 13.5. The SMILES string of the molecule is Cc1noc(C)c1S(=O)(=O)N1CCC(C(=O)NCc2nc3ccc(F)cc3n2C)CC1. The van der Waals surface area contributed by atoms with Gasteiger partial charge >= 0.3 is 0 Å². The normalized spacial score (nSPS) is 16.1. The molecule has 0 bridgehead atoms. The number of nitrogens with one attached hydrogen (secondary N) is 1. The van der Waals surface area contributed by atoms with Crippen LogP contribution in [0.1, 0.15) is 30.1 Å². The van der Waals surface area contributed by atoms with Crippen LogP contribution in [0.5, 0.6) is 0 Å². The van der Waals surface area contributed by atoms with Crippen molar-refractivity contribution in [2.24, 2.45) is 13.0 Å². The van der Waals surface area contributed by atoms with Crippen molar-refractivity contribution in [3.05, 3.63) is 41.3 Å². The highest BCUT2D eigenvalue weighted by Gasteiger charge is 2.35. The zero-order valence-corrected chi connectivity index (χ0v) is 18.4. The van der Waals surface area contributed by atoms with Crippen molar-refractivity contribution in [1.29, 1.82) is 0 Å². The Hall–Kier alpha value is -2.79. The van der Waals surface area contributed by atoms with E-state index in [2.05, 4.69) is 15.5 Å². The van der Waals surface area contributed by atoms with E-state index in [4.69, 9.17) is 4.52 Å². The van der Waals surface area contributed by atoms with E-state index in [0.717, 1.165) is 0 Å². The zero-order valence-electron chi connectivity index (χ0n) is 17.6. The van der Waals surface area contributed by atoms with Gasteiger partial charge in [-0.15, -0.1) is 0 Å². The van der Waals surface area contributed by atoms with Crippen LogP contribution in [-0.4, -0.2) is 46.4 Å². The number of sulfonamides is 1. The van der Waals surface area contributed by atoms with Crippen molar-refractivity contribution < 1.29 is 22.1 Å². The molecule has 9 nitrogen and oxygen atoms in total. The second-order valence-electron chi connectivity index (χ2n) is 7.77. The molecule has 1 N–H and O–H groups in total. The first-order valence-electron chi connectivity index (χ1n) is 10.00. The molecule has 0 aliphatic carbocycles. The number of benzene rings is 1. The van der Waals surface area contributed by atoms with Crippen LogP contribution in [0.4, 0.5) is 4.39 Å². The molecule has 166 valence electrons. The van der Waals surface area contributed by atoms with Crippen LogP contribution in [-0.2, 0) is 28.4 Å². The molecule has 4 rings (SSSR count). The summed E-state index contributed by atoms with van der Waals surface area (Å²) in [5.41, 5.74) is 1.65. The molecule has 31 heavy (non-hydrogen) atoms. The van der Waals surface area contributed by atoms with Crippen molar-refractivity contribution in [3.8, 4) is 0 Å². The first-order chi connectivity index (χ1) is 14.7. The van der Waals surface area contributed by atoms with Gasteiger partial charge in [0, 0.05) is 26.1 Å². The van der Waals surface area contributed by atoms with Gasteiger partial charge in [0.2, 0.25) is 15.9 Å². The van der Waals surface area contributed by atoms with Gasteiger partial charge < -0.3 is 14.4 Å². The number of aromatic nitrogens is 3. The van der Waals surface area contributed by atoms with Gasteiger partial charge in [0.25, 0.3) is 0 Å². The Labute approximate surface area is 179 Å². The predicted molar refractivity (Wildman–Crippen MR) is 110 cm³/mol. The average Bonchev–Trinajstić information content (AvgIpc) is 3.25. The van der Waals surface area contributed by atoms with E-state index in [1.54, 1.807) is 31.5 Å². The lowest BCUT2D eigenvalue weighted by Crippen LogP contribution is -2.43. The third kappa shape index (κ3) is 3.94. The van der Waals surface area contributed by atoms with E-state index >= 15 is 0 Å². The van der Waals surface area contributed by atoms with Crippen molar-refractivity contribution >= 4 is 27.0 Å². The number of rotatable bonds is 5. The van der Waals surface area contributed by atoms with E-state index in [9.17, 15) is 17.6 Å². The molecule has 11 heteroatoms. The molecule has 1 amide bonds. The number of hydrogen-bond acceptors (Lipinski definition) is 6. The van der Waals surface area contributed by atoms with Crippen LogP contribution in [0, 0.1) is 25.6 Å². The molecular formula is C20H24FN5O4S. The molecule has 1 aliphatic rings. The molecule has 0 radical (unpaired) electrons. The number of halogens is 1. The van der Waals surface area contributed by atoms with Gasteiger partial charge in [-0.05, 0) is 44.9 Å². The maximum Gasteiger partial charge on any atom is 0.248 e. The van der Waals surface area contributed by atoms with Gasteiger partial charge in [-0.3, -0.25) is 4.79 Å². The molecule has 1 saturated heterocycles. The summed E-state index contributed by atoms with van der Waals surface area (Å²) in [6.45, 7) is 3.87. The van der Waals surface area contributed by atoms with Crippen LogP contribution in [0.3, 0.4) is 0 Å². The second kappa shape index (κ2) is 8.04. The van der Waals surface area contributed by atoms with Gasteiger partial charge in [0.1, 0.15) is 22.2 Å². The fraction of sp³-hybridized carbons (Fsp3) is 0.450. The van der Waals surface area contributed by atoms with Crippen LogP contribution in [0.25, 0.3) is 11.0 Å². The average molecular weight is 450 g/mol. The first-order valence-corrected chi connectivity index (χ1v) is 11.4. The highest BCUT2D eigenvalue weighted by atomic mass is 32.2. The Bertz CT molecular complexity index is 1220. The Balaban J connectivity index is 1.37. The van der Waals surface area contributed by atoms with Crippen molar-refractivity contribution in [1.82, 2.24) is 24.3 Å². The molecule has 2 aromatic heterocycles. The molecule has 0 atom stereocenters. The van der Waals surface area contributed by atoms with Crippen LogP contribution in [0.15, 0.2) is 27.6 Å². The quantitative estimate of drug-likeness (QED) is 0.638. The number of nitrogens with zero attached hydrogens (tertiary/aromatic N) is 4. The third-order valence-corrected chi connectivity index (χ3v) is 7.89. The Morgan fingerprint density at radius 1 is 1.29 bits per heavy atom. The minimum atomic E-state index is -3.71. The number of hydrogen-bond donors (Lipinski definition) is 1. The number of carbonyl (C=O) groups excluding carboxylic acids is 1. The van der Waals surface area contributed by atoms with Crippen molar-refractivity contribution in [2.45, 2.75) is 38.1 Å². The number of aryl methyl sites for hydroxylation is 3. The highest BCUT2D eigenvalue weighted by Crippen LogP contribution is 2.27. The zero-order chi connectivity index (χ0) is 22.3. The van der Waals surface area contributed by atoms with E-state index in [1.165, 1.54) is 16.4 Å². The van der Waals surface area contributed by atoms with Gasteiger partial charge in [0.05, 0.1) is 17.6 Å². The van der Waals surface area contributed by atoms with E-state index in [1.807, 2.05) is 0 Å². The van der Waals surface area contributed by atoms with Crippen LogP contribution < -0.4 is 5.32 Å². The van der Waals surface area contributed by atoms with Crippen LogP contribution >= 0.6 is 0 Å². The molecule has 1 aliphatic heterocycles.